The van der Waals surface area contributed by atoms with Crippen LogP contribution in [0, 0.1) is 0 Å². The fraction of sp³-hybridized carbons (Fsp3) is 0.320. The van der Waals surface area contributed by atoms with Crippen LogP contribution in [-0.4, -0.2) is 45.3 Å². The van der Waals surface area contributed by atoms with Crippen molar-refractivity contribution in [2.45, 2.75) is 39.3 Å². The molecule has 2 unspecified atom stereocenters. The second kappa shape index (κ2) is 9.26. The first kappa shape index (κ1) is 21.6. The summed E-state index contributed by atoms with van der Waals surface area (Å²) in [6.45, 7) is 6.57. The third-order valence-corrected chi connectivity index (χ3v) is 5.72. The number of rotatable bonds is 7. The fourth-order valence-corrected chi connectivity index (χ4v) is 3.81. The van der Waals surface area contributed by atoms with Gasteiger partial charge in [0.15, 0.2) is 0 Å². The van der Waals surface area contributed by atoms with E-state index in [0.717, 1.165) is 40.3 Å². The standard InChI is InChI=1S/C25H28N4O3/c1-5-31-23-14-21-12-17(2)32-24(21)13-20(23)8-11-25(30)28(4)18(3)19-6-9-22(10-7-19)29-16-26-15-27-29/h6-11,13-18H,5,12H2,1-4H3. The van der Waals surface area contributed by atoms with E-state index in [0.29, 0.717) is 6.61 Å². The smallest absolute Gasteiger partial charge is 0.246 e. The van der Waals surface area contributed by atoms with Crippen molar-refractivity contribution in [2.24, 2.45) is 0 Å². The molecule has 2 heterocycles. The first-order valence-corrected chi connectivity index (χ1v) is 10.8. The van der Waals surface area contributed by atoms with Gasteiger partial charge < -0.3 is 14.4 Å². The van der Waals surface area contributed by atoms with E-state index in [4.69, 9.17) is 9.47 Å². The van der Waals surface area contributed by atoms with Crippen LogP contribution >= 0.6 is 0 Å². The molecule has 166 valence electrons. The molecule has 0 aliphatic carbocycles. The van der Waals surface area contributed by atoms with Crippen LogP contribution in [-0.2, 0) is 11.2 Å². The van der Waals surface area contributed by atoms with Crippen molar-refractivity contribution in [3.8, 4) is 17.2 Å². The number of carbonyl (C=O) groups is 1. The van der Waals surface area contributed by atoms with Crippen LogP contribution in [0.15, 0.2) is 55.1 Å². The second-order valence-corrected chi connectivity index (χ2v) is 7.95. The van der Waals surface area contributed by atoms with E-state index in [1.807, 2.05) is 57.2 Å². The van der Waals surface area contributed by atoms with Crippen molar-refractivity contribution in [1.29, 1.82) is 0 Å². The topological polar surface area (TPSA) is 69.5 Å². The number of hydrogen-bond donors (Lipinski definition) is 0. The molecule has 0 saturated heterocycles. The zero-order chi connectivity index (χ0) is 22.7. The number of nitrogens with zero attached hydrogens (tertiary/aromatic N) is 4. The van der Waals surface area contributed by atoms with Gasteiger partial charge in [0.25, 0.3) is 0 Å². The summed E-state index contributed by atoms with van der Waals surface area (Å²) in [6.07, 6.45) is 7.57. The molecule has 7 nitrogen and oxygen atoms in total. The maximum Gasteiger partial charge on any atom is 0.246 e. The molecular weight excluding hydrogens is 404 g/mol. The molecule has 2 atom stereocenters. The Kier molecular flexibility index (Phi) is 6.25. The maximum absolute atomic E-state index is 12.9. The highest BCUT2D eigenvalue weighted by atomic mass is 16.5. The highest BCUT2D eigenvalue weighted by Crippen LogP contribution is 2.35. The van der Waals surface area contributed by atoms with Crippen molar-refractivity contribution in [3.63, 3.8) is 0 Å². The minimum Gasteiger partial charge on any atom is -0.493 e. The number of likely N-dealkylation sites (N-methyl/N-ethyl adjacent to an activating group) is 1. The lowest BCUT2D eigenvalue weighted by molar-refractivity contribution is -0.126. The predicted octanol–water partition coefficient (Wildman–Crippen LogP) is 4.22. The largest absolute Gasteiger partial charge is 0.493 e. The summed E-state index contributed by atoms with van der Waals surface area (Å²) in [5, 5.41) is 4.14. The third kappa shape index (κ3) is 4.51. The van der Waals surface area contributed by atoms with Gasteiger partial charge in [-0.15, -0.1) is 0 Å². The number of aromatic nitrogens is 3. The molecule has 1 aromatic heterocycles. The molecular formula is C25H28N4O3. The molecule has 0 spiro atoms. The summed E-state index contributed by atoms with van der Waals surface area (Å²) in [5.41, 5.74) is 3.94. The first-order chi connectivity index (χ1) is 15.5. The fourth-order valence-electron chi connectivity index (χ4n) is 3.81. The van der Waals surface area contributed by atoms with E-state index in [2.05, 4.69) is 10.1 Å². The van der Waals surface area contributed by atoms with E-state index in [-0.39, 0.29) is 18.1 Å². The quantitative estimate of drug-likeness (QED) is 0.523. The zero-order valence-electron chi connectivity index (χ0n) is 18.9. The molecule has 0 radical (unpaired) electrons. The van der Waals surface area contributed by atoms with Gasteiger partial charge in [-0.25, -0.2) is 9.67 Å². The van der Waals surface area contributed by atoms with Gasteiger partial charge in [0.2, 0.25) is 5.91 Å². The van der Waals surface area contributed by atoms with Gasteiger partial charge >= 0.3 is 0 Å². The Morgan fingerprint density at radius 3 is 2.81 bits per heavy atom. The van der Waals surface area contributed by atoms with Crippen molar-refractivity contribution in [2.75, 3.05) is 13.7 Å². The molecule has 2 aromatic carbocycles. The van der Waals surface area contributed by atoms with Crippen LogP contribution in [0.5, 0.6) is 11.5 Å². The lowest BCUT2D eigenvalue weighted by Crippen LogP contribution is -2.28. The van der Waals surface area contributed by atoms with Gasteiger partial charge in [0.05, 0.1) is 18.3 Å². The van der Waals surface area contributed by atoms with E-state index < -0.39 is 0 Å². The molecule has 3 aromatic rings. The Hall–Kier alpha value is -3.61. The average Bonchev–Trinajstić information content (AvgIpc) is 3.45. The number of fused-ring (bicyclic) bond motifs is 1. The number of amides is 1. The Bertz CT molecular complexity index is 1110. The maximum atomic E-state index is 12.9. The summed E-state index contributed by atoms with van der Waals surface area (Å²) in [4.78, 5) is 18.6. The normalized spacial score (nSPS) is 15.9. The molecule has 32 heavy (non-hydrogen) atoms. The van der Waals surface area contributed by atoms with Crippen molar-refractivity contribution < 1.29 is 14.3 Å². The second-order valence-electron chi connectivity index (χ2n) is 7.95. The molecule has 1 amide bonds. The Balaban J connectivity index is 1.48. The highest BCUT2D eigenvalue weighted by Gasteiger charge is 2.22. The Labute approximate surface area is 188 Å². The summed E-state index contributed by atoms with van der Waals surface area (Å²) in [7, 11) is 1.81. The van der Waals surface area contributed by atoms with Crippen LogP contribution in [0.1, 0.15) is 43.5 Å². The van der Waals surface area contributed by atoms with E-state index >= 15 is 0 Å². The lowest BCUT2D eigenvalue weighted by Gasteiger charge is -2.24. The highest BCUT2D eigenvalue weighted by molar-refractivity contribution is 5.92. The lowest BCUT2D eigenvalue weighted by atomic mass is 10.1. The van der Waals surface area contributed by atoms with Gasteiger partial charge in [-0.3, -0.25) is 4.79 Å². The van der Waals surface area contributed by atoms with Crippen molar-refractivity contribution >= 4 is 12.0 Å². The number of carbonyl (C=O) groups excluding carboxylic acids is 1. The number of ether oxygens (including phenoxy) is 2. The van der Waals surface area contributed by atoms with Gasteiger partial charge in [-0.2, -0.15) is 5.10 Å². The summed E-state index contributed by atoms with van der Waals surface area (Å²) >= 11 is 0. The predicted molar refractivity (Wildman–Crippen MR) is 123 cm³/mol. The van der Waals surface area contributed by atoms with Gasteiger partial charge in [-0.05, 0) is 56.7 Å². The van der Waals surface area contributed by atoms with Crippen LogP contribution in [0.2, 0.25) is 0 Å². The molecule has 4 rings (SSSR count). The van der Waals surface area contributed by atoms with Crippen molar-refractivity contribution in [3.05, 3.63) is 71.8 Å². The molecule has 0 bridgehead atoms. The van der Waals surface area contributed by atoms with E-state index in [9.17, 15) is 4.79 Å². The Morgan fingerprint density at radius 1 is 1.34 bits per heavy atom. The number of hydrogen-bond acceptors (Lipinski definition) is 5. The van der Waals surface area contributed by atoms with Gasteiger partial charge in [-0.1, -0.05) is 12.1 Å². The molecule has 1 aliphatic heterocycles. The monoisotopic (exact) mass is 432 g/mol. The molecule has 0 fully saturated rings. The van der Waals surface area contributed by atoms with E-state index in [1.54, 1.807) is 35.1 Å². The van der Waals surface area contributed by atoms with Crippen LogP contribution in [0.4, 0.5) is 0 Å². The minimum atomic E-state index is -0.0903. The first-order valence-electron chi connectivity index (χ1n) is 10.8. The number of benzene rings is 2. The average molecular weight is 433 g/mol. The van der Waals surface area contributed by atoms with Crippen molar-refractivity contribution in [1.82, 2.24) is 19.7 Å². The third-order valence-electron chi connectivity index (χ3n) is 5.72. The summed E-state index contributed by atoms with van der Waals surface area (Å²) in [5.74, 6) is 1.55. The van der Waals surface area contributed by atoms with Crippen LogP contribution in [0.3, 0.4) is 0 Å². The van der Waals surface area contributed by atoms with Gasteiger partial charge in [0.1, 0.15) is 30.3 Å². The van der Waals surface area contributed by atoms with Gasteiger partial charge in [0, 0.05) is 30.7 Å². The Morgan fingerprint density at radius 2 is 2.12 bits per heavy atom. The van der Waals surface area contributed by atoms with Crippen LogP contribution in [0.25, 0.3) is 11.8 Å². The molecule has 0 saturated carbocycles. The minimum absolute atomic E-state index is 0.0879. The molecule has 1 aliphatic rings. The molecule has 0 N–H and O–H groups in total. The summed E-state index contributed by atoms with van der Waals surface area (Å²) < 4.78 is 13.4. The molecule has 7 heteroatoms. The van der Waals surface area contributed by atoms with Crippen LogP contribution < -0.4 is 9.47 Å². The summed E-state index contributed by atoms with van der Waals surface area (Å²) in [6, 6.07) is 11.8. The van der Waals surface area contributed by atoms with E-state index in [1.165, 1.54) is 6.33 Å². The zero-order valence-corrected chi connectivity index (χ0v) is 18.9. The SMILES string of the molecule is CCOc1cc2c(cc1C=CC(=O)N(C)C(C)c1ccc(-n3cncn3)cc1)OC(C)C2.